The predicted molar refractivity (Wildman–Crippen MR) is 63.3 cm³/mol. The predicted octanol–water partition coefficient (Wildman–Crippen LogP) is 1.84. The lowest BCUT2D eigenvalue weighted by Crippen LogP contribution is -2.27. The van der Waals surface area contributed by atoms with Crippen LogP contribution in [0.15, 0.2) is 18.3 Å². The molecule has 82 valence electrons. The Balaban J connectivity index is 2.61. The molecule has 0 bridgehead atoms. The number of nitrogens with one attached hydrogen (secondary N) is 1. The van der Waals surface area contributed by atoms with E-state index in [-0.39, 0.29) is 0 Å². The van der Waals surface area contributed by atoms with Crippen LogP contribution in [0.4, 0.5) is 0 Å². The Hall–Kier alpha value is -1.84. The van der Waals surface area contributed by atoms with Gasteiger partial charge in [0.2, 0.25) is 0 Å². The Bertz CT molecular complexity index is 412. The van der Waals surface area contributed by atoms with E-state index in [9.17, 15) is 0 Å². The Morgan fingerprint density at radius 1 is 1.62 bits per heavy atom. The van der Waals surface area contributed by atoms with E-state index < -0.39 is 0 Å². The van der Waals surface area contributed by atoms with Gasteiger partial charge < -0.3 is 5.32 Å². The van der Waals surface area contributed by atoms with Crippen LogP contribution in [0.25, 0.3) is 0 Å². The summed E-state index contributed by atoms with van der Waals surface area (Å²) in [5.41, 5.74) is 1.39. The van der Waals surface area contributed by atoms with Gasteiger partial charge >= 0.3 is 0 Å². The molecule has 1 aromatic rings. The van der Waals surface area contributed by atoms with Gasteiger partial charge in [-0.1, -0.05) is 13.0 Å². The minimum atomic E-state index is 0.303. The third-order valence-electron chi connectivity index (χ3n) is 2.44. The second kappa shape index (κ2) is 6.61. The van der Waals surface area contributed by atoms with E-state index in [1.165, 1.54) is 0 Å². The molecule has 0 aliphatic rings. The molecule has 1 aromatic heterocycles. The molecule has 0 saturated heterocycles. The van der Waals surface area contributed by atoms with E-state index in [1.54, 1.807) is 6.20 Å². The van der Waals surface area contributed by atoms with Crippen LogP contribution in [0, 0.1) is 23.7 Å². The summed E-state index contributed by atoms with van der Waals surface area (Å²) in [6, 6.07) is 6.12. The second-order valence-corrected chi connectivity index (χ2v) is 3.52. The van der Waals surface area contributed by atoms with E-state index in [1.807, 2.05) is 12.1 Å². The Labute approximate surface area is 96.5 Å². The molecule has 1 N–H and O–H groups in total. The van der Waals surface area contributed by atoms with Gasteiger partial charge in [0, 0.05) is 30.8 Å². The number of pyridine rings is 1. The number of terminal acetylenes is 1. The average molecular weight is 213 g/mol. The van der Waals surface area contributed by atoms with Crippen molar-refractivity contribution >= 4 is 0 Å². The van der Waals surface area contributed by atoms with Crippen LogP contribution < -0.4 is 5.32 Å². The zero-order valence-corrected chi connectivity index (χ0v) is 9.40. The third-order valence-corrected chi connectivity index (χ3v) is 2.44. The van der Waals surface area contributed by atoms with Gasteiger partial charge in [0.1, 0.15) is 11.8 Å². The monoisotopic (exact) mass is 213 g/mol. The SMILES string of the molecule is C#CCC(CC)NCc1cccnc1C#N. The van der Waals surface area contributed by atoms with Crippen molar-refractivity contribution < 1.29 is 0 Å². The van der Waals surface area contributed by atoms with E-state index in [2.05, 4.69) is 29.2 Å². The molecule has 0 aromatic carbocycles. The molecule has 3 nitrogen and oxygen atoms in total. The molecule has 0 amide bonds. The van der Waals surface area contributed by atoms with Gasteiger partial charge in [-0.25, -0.2) is 4.98 Å². The molecule has 1 atom stereocenters. The first-order valence-electron chi connectivity index (χ1n) is 5.32. The first-order valence-corrected chi connectivity index (χ1v) is 5.32. The van der Waals surface area contributed by atoms with Crippen molar-refractivity contribution in [3.63, 3.8) is 0 Å². The summed E-state index contributed by atoms with van der Waals surface area (Å²) in [6.07, 6.45) is 8.59. The van der Waals surface area contributed by atoms with Gasteiger partial charge in [0.05, 0.1) is 0 Å². The van der Waals surface area contributed by atoms with Crippen molar-refractivity contribution in [1.82, 2.24) is 10.3 Å². The normalized spacial score (nSPS) is 11.4. The maximum atomic E-state index is 8.87. The highest BCUT2D eigenvalue weighted by atomic mass is 14.9. The molecular weight excluding hydrogens is 198 g/mol. The van der Waals surface area contributed by atoms with Gasteiger partial charge in [-0.05, 0) is 12.5 Å². The summed E-state index contributed by atoms with van der Waals surface area (Å²) in [7, 11) is 0. The summed E-state index contributed by atoms with van der Waals surface area (Å²) in [5.74, 6) is 2.64. The smallest absolute Gasteiger partial charge is 0.144 e. The first-order chi connectivity index (χ1) is 7.81. The fraction of sp³-hybridized carbons (Fsp3) is 0.385. The van der Waals surface area contributed by atoms with Gasteiger partial charge in [-0.2, -0.15) is 5.26 Å². The third kappa shape index (κ3) is 3.38. The molecule has 3 heteroatoms. The van der Waals surface area contributed by atoms with E-state index in [0.717, 1.165) is 12.0 Å². The van der Waals surface area contributed by atoms with Crippen LogP contribution in [0.2, 0.25) is 0 Å². The number of rotatable bonds is 5. The Morgan fingerprint density at radius 3 is 3.06 bits per heavy atom. The number of nitriles is 1. The number of hydrogen-bond acceptors (Lipinski definition) is 3. The van der Waals surface area contributed by atoms with Crippen LogP contribution in [0.5, 0.6) is 0 Å². The fourth-order valence-electron chi connectivity index (χ4n) is 1.44. The van der Waals surface area contributed by atoms with Gasteiger partial charge in [-0.15, -0.1) is 12.3 Å². The molecule has 1 heterocycles. The Kier molecular flexibility index (Phi) is 5.05. The summed E-state index contributed by atoms with van der Waals surface area (Å²) < 4.78 is 0. The standard InChI is InChI=1S/C13H15N3/c1-3-6-12(4-2)16-10-11-7-5-8-15-13(11)9-14/h1,5,7-8,12,16H,4,6,10H2,2H3. The molecule has 0 fully saturated rings. The molecule has 16 heavy (non-hydrogen) atoms. The van der Waals surface area contributed by atoms with Gasteiger partial charge in [-0.3, -0.25) is 0 Å². The highest BCUT2D eigenvalue weighted by Gasteiger charge is 2.06. The molecular formula is C13H15N3. The fourth-order valence-corrected chi connectivity index (χ4v) is 1.44. The van der Waals surface area contributed by atoms with Crippen LogP contribution in [-0.2, 0) is 6.54 Å². The lowest BCUT2D eigenvalue weighted by Gasteiger charge is -2.14. The highest BCUT2D eigenvalue weighted by Crippen LogP contribution is 2.05. The largest absolute Gasteiger partial charge is 0.309 e. The van der Waals surface area contributed by atoms with E-state index in [4.69, 9.17) is 11.7 Å². The zero-order valence-electron chi connectivity index (χ0n) is 9.40. The number of aromatic nitrogens is 1. The van der Waals surface area contributed by atoms with Crippen molar-refractivity contribution in [3.05, 3.63) is 29.6 Å². The molecule has 1 unspecified atom stereocenters. The van der Waals surface area contributed by atoms with Crippen molar-refractivity contribution in [3.8, 4) is 18.4 Å². The van der Waals surface area contributed by atoms with Crippen LogP contribution in [-0.4, -0.2) is 11.0 Å². The minimum Gasteiger partial charge on any atom is -0.309 e. The summed E-state index contributed by atoms with van der Waals surface area (Å²) in [4.78, 5) is 4.01. The molecule has 0 spiro atoms. The number of nitrogens with zero attached hydrogens (tertiary/aromatic N) is 2. The van der Waals surface area contributed by atoms with Crippen molar-refractivity contribution in [2.24, 2.45) is 0 Å². The first kappa shape index (κ1) is 12.2. The number of hydrogen-bond donors (Lipinski definition) is 1. The zero-order chi connectivity index (χ0) is 11.8. The van der Waals surface area contributed by atoms with Crippen LogP contribution in [0.3, 0.4) is 0 Å². The minimum absolute atomic E-state index is 0.303. The van der Waals surface area contributed by atoms with Crippen LogP contribution >= 0.6 is 0 Å². The second-order valence-electron chi connectivity index (χ2n) is 3.52. The van der Waals surface area contributed by atoms with Gasteiger partial charge in [0.15, 0.2) is 0 Å². The molecule has 0 aliphatic carbocycles. The van der Waals surface area contributed by atoms with Gasteiger partial charge in [0.25, 0.3) is 0 Å². The average Bonchev–Trinajstić information content (AvgIpc) is 2.34. The lowest BCUT2D eigenvalue weighted by molar-refractivity contribution is 0.506. The lowest BCUT2D eigenvalue weighted by atomic mass is 10.1. The van der Waals surface area contributed by atoms with Crippen molar-refractivity contribution in [1.29, 1.82) is 5.26 Å². The summed E-state index contributed by atoms with van der Waals surface area (Å²) in [5, 5.41) is 12.2. The van der Waals surface area contributed by atoms with E-state index >= 15 is 0 Å². The molecule has 0 radical (unpaired) electrons. The van der Waals surface area contributed by atoms with E-state index in [0.29, 0.717) is 24.7 Å². The highest BCUT2D eigenvalue weighted by molar-refractivity contribution is 5.30. The molecule has 0 aliphatic heterocycles. The topological polar surface area (TPSA) is 48.7 Å². The molecule has 0 saturated carbocycles. The maximum Gasteiger partial charge on any atom is 0.144 e. The maximum absolute atomic E-state index is 8.87. The van der Waals surface area contributed by atoms with Crippen molar-refractivity contribution in [2.45, 2.75) is 32.4 Å². The summed E-state index contributed by atoms with van der Waals surface area (Å²) in [6.45, 7) is 2.72. The van der Waals surface area contributed by atoms with Crippen LogP contribution in [0.1, 0.15) is 31.0 Å². The Morgan fingerprint density at radius 2 is 2.44 bits per heavy atom. The van der Waals surface area contributed by atoms with Crippen molar-refractivity contribution in [2.75, 3.05) is 0 Å². The molecule has 1 rings (SSSR count). The summed E-state index contributed by atoms with van der Waals surface area (Å²) >= 11 is 0. The quantitative estimate of drug-likeness (QED) is 0.759.